The summed E-state index contributed by atoms with van der Waals surface area (Å²) in [4.78, 5) is 11.8. The van der Waals surface area contributed by atoms with E-state index in [2.05, 4.69) is 15.5 Å². The minimum atomic E-state index is -0.221. The molecule has 0 fully saturated rings. The summed E-state index contributed by atoms with van der Waals surface area (Å²) < 4.78 is 0. The average molecular weight is 239 g/mol. The lowest BCUT2D eigenvalue weighted by atomic mass is 9.83. The van der Waals surface area contributed by atoms with Crippen molar-refractivity contribution in [2.75, 3.05) is 13.2 Å². The Morgan fingerprint density at radius 1 is 1.53 bits per heavy atom. The van der Waals surface area contributed by atoms with Crippen LogP contribution in [0.4, 0.5) is 0 Å². The largest absolute Gasteiger partial charge is 0.396 e. The molecule has 1 aromatic heterocycles. The minimum Gasteiger partial charge on any atom is -0.396 e. The molecule has 0 saturated heterocycles. The van der Waals surface area contributed by atoms with Gasteiger partial charge in [-0.15, -0.1) is 0 Å². The second-order valence-electron chi connectivity index (χ2n) is 4.48. The number of aliphatic hydroxyl groups is 1. The molecule has 0 unspecified atom stereocenters. The SMILES string of the molecule is CCC(CC)(CO)CNC(=O)c1cc(C)[nH]n1. The molecule has 1 amide bonds. The summed E-state index contributed by atoms with van der Waals surface area (Å²) in [6, 6.07) is 1.70. The van der Waals surface area contributed by atoms with Crippen LogP contribution in [-0.4, -0.2) is 34.4 Å². The zero-order valence-electron chi connectivity index (χ0n) is 10.7. The Bertz CT molecular complexity index is 361. The van der Waals surface area contributed by atoms with Gasteiger partial charge in [0.15, 0.2) is 0 Å². The number of nitrogens with zero attached hydrogens (tertiary/aromatic N) is 1. The monoisotopic (exact) mass is 239 g/mol. The number of aryl methyl sites for hydroxylation is 1. The van der Waals surface area contributed by atoms with E-state index >= 15 is 0 Å². The number of rotatable bonds is 6. The van der Waals surface area contributed by atoms with Crippen molar-refractivity contribution >= 4 is 5.91 Å². The second-order valence-corrected chi connectivity index (χ2v) is 4.48. The molecule has 1 rings (SSSR count). The van der Waals surface area contributed by atoms with E-state index in [1.807, 2.05) is 20.8 Å². The van der Waals surface area contributed by atoms with Gasteiger partial charge in [0.2, 0.25) is 0 Å². The van der Waals surface area contributed by atoms with Crippen LogP contribution < -0.4 is 5.32 Å². The van der Waals surface area contributed by atoms with Crippen LogP contribution in [0.15, 0.2) is 6.07 Å². The highest BCUT2D eigenvalue weighted by Crippen LogP contribution is 2.24. The van der Waals surface area contributed by atoms with Gasteiger partial charge in [-0.3, -0.25) is 9.89 Å². The van der Waals surface area contributed by atoms with E-state index in [0.29, 0.717) is 12.2 Å². The van der Waals surface area contributed by atoms with Gasteiger partial charge in [0.25, 0.3) is 5.91 Å². The summed E-state index contributed by atoms with van der Waals surface area (Å²) in [5, 5.41) is 18.8. The number of aliphatic hydroxyl groups excluding tert-OH is 1. The number of carbonyl (C=O) groups excluding carboxylic acids is 1. The smallest absolute Gasteiger partial charge is 0.271 e. The van der Waals surface area contributed by atoms with Crippen molar-refractivity contribution in [2.24, 2.45) is 5.41 Å². The summed E-state index contributed by atoms with van der Waals surface area (Å²) in [5.74, 6) is -0.200. The standard InChI is InChI=1S/C12H21N3O2/c1-4-12(5-2,8-16)7-13-11(17)10-6-9(3)14-15-10/h6,16H,4-5,7-8H2,1-3H3,(H,13,17)(H,14,15). The molecule has 0 spiro atoms. The van der Waals surface area contributed by atoms with Crippen molar-refractivity contribution in [3.63, 3.8) is 0 Å². The maximum Gasteiger partial charge on any atom is 0.271 e. The summed E-state index contributed by atoms with van der Waals surface area (Å²) in [7, 11) is 0. The van der Waals surface area contributed by atoms with Gasteiger partial charge < -0.3 is 10.4 Å². The van der Waals surface area contributed by atoms with Gasteiger partial charge in [-0.2, -0.15) is 5.10 Å². The fraction of sp³-hybridized carbons (Fsp3) is 0.667. The van der Waals surface area contributed by atoms with Crippen molar-refractivity contribution < 1.29 is 9.90 Å². The summed E-state index contributed by atoms with van der Waals surface area (Å²) in [6.45, 7) is 6.44. The molecular formula is C12H21N3O2. The fourth-order valence-corrected chi connectivity index (χ4v) is 1.67. The Morgan fingerprint density at radius 3 is 2.59 bits per heavy atom. The summed E-state index contributed by atoms with van der Waals surface area (Å²) in [5.41, 5.74) is 1.03. The second kappa shape index (κ2) is 5.82. The zero-order chi connectivity index (χ0) is 12.9. The number of carbonyl (C=O) groups is 1. The van der Waals surface area contributed by atoms with E-state index in [0.717, 1.165) is 18.5 Å². The zero-order valence-corrected chi connectivity index (χ0v) is 10.7. The van der Waals surface area contributed by atoms with Crippen LogP contribution in [0.25, 0.3) is 0 Å². The normalized spacial score (nSPS) is 11.5. The number of aromatic amines is 1. The molecule has 0 aliphatic rings. The van der Waals surface area contributed by atoms with Crippen LogP contribution in [0, 0.1) is 12.3 Å². The highest BCUT2D eigenvalue weighted by atomic mass is 16.3. The predicted molar refractivity (Wildman–Crippen MR) is 65.8 cm³/mol. The van der Waals surface area contributed by atoms with Gasteiger partial charge in [0.05, 0.1) is 6.61 Å². The molecule has 0 aromatic carbocycles. The predicted octanol–water partition coefficient (Wildman–Crippen LogP) is 1.25. The first kappa shape index (κ1) is 13.7. The molecule has 5 heteroatoms. The quantitative estimate of drug-likeness (QED) is 0.699. The lowest BCUT2D eigenvalue weighted by Gasteiger charge is -2.29. The molecule has 17 heavy (non-hydrogen) atoms. The molecule has 0 radical (unpaired) electrons. The number of aromatic nitrogens is 2. The molecule has 0 atom stereocenters. The van der Waals surface area contributed by atoms with Crippen molar-refractivity contribution in [3.05, 3.63) is 17.5 Å². The Labute approximate surface area is 102 Å². The third-order valence-electron chi connectivity index (χ3n) is 3.40. The van der Waals surface area contributed by atoms with Gasteiger partial charge >= 0.3 is 0 Å². The molecule has 5 nitrogen and oxygen atoms in total. The van der Waals surface area contributed by atoms with E-state index in [9.17, 15) is 9.90 Å². The first-order chi connectivity index (χ1) is 8.06. The van der Waals surface area contributed by atoms with Gasteiger partial charge in [-0.1, -0.05) is 13.8 Å². The first-order valence-corrected chi connectivity index (χ1v) is 5.98. The minimum absolute atomic E-state index is 0.0832. The van der Waals surface area contributed by atoms with Gasteiger partial charge in [0, 0.05) is 17.7 Å². The molecule has 1 aromatic rings. The first-order valence-electron chi connectivity index (χ1n) is 5.98. The maximum atomic E-state index is 11.8. The molecular weight excluding hydrogens is 218 g/mol. The fourth-order valence-electron chi connectivity index (χ4n) is 1.67. The van der Waals surface area contributed by atoms with Crippen LogP contribution >= 0.6 is 0 Å². The number of nitrogens with one attached hydrogen (secondary N) is 2. The third-order valence-corrected chi connectivity index (χ3v) is 3.40. The topological polar surface area (TPSA) is 78.0 Å². The van der Waals surface area contributed by atoms with E-state index in [4.69, 9.17) is 0 Å². The van der Waals surface area contributed by atoms with Gasteiger partial charge in [-0.25, -0.2) is 0 Å². The maximum absolute atomic E-state index is 11.8. The Kier molecular flexibility index (Phi) is 4.69. The van der Waals surface area contributed by atoms with Crippen LogP contribution in [0.1, 0.15) is 42.9 Å². The molecule has 0 aliphatic heterocycles. The lowest BCUT2D eigenvalue weighted by Crippen LogP contribution is -2.39. The number of hydrogen-bond donors (Lipinski definition) is 3. The molecule has 96 valence electrons. The molecule has 3 N–H and O–H groups in total. The molecule has 0 saturated carbocycles. The van der Waals surface area contributed by atoms with Crippen LogP contribution in [0.2, 0.25) is 0 Å². The van der Waals surface area contributed by atoms with E-state index in [1.165, 1.54) is 0 Å². The Hall–Kier alpha value is -1.36. The Balaban J connectivity index is 2.58. The van der Waals surface area contributed by atoms with Crippen molar-refractivity contribution in [1.29, 1.82) is 0 Å². The number of amides is 1. The highest BCUT2D eigenvalue weighted by Gasteiger charge is 2.26. The Morgan fingerprint density at radius 2 is 2.18 bits per heavy atom. The van der Waals surface area contributed by atoms with Crippen molar-refractivity contribution in [2.45, 2.75) is 33.6 Å². The van der Waals surface area contributed by atoms with Crippen molar-refractivity contribution in [3.8, 4) is 0 Å². The average Bonchev–Trinajstić information content (AvgIpc) is 2.78. The van der Waals surface area contributed by atoms with Crippen LogP contribution in [0.3, 0.4) is 0 Å². The third kappa shape index (κ3) is 3.30. The molecule has 0 bridgehead atoms. The number of H-pyrrole nitrogens is 1. The molecule has 0 aliphatic carbocycles. The van der Waals surface area contributed by atoms with E-state index < -0.39 is 0 Å². The molecule has 1 heterocycles. The number of hydrogen-bond acceptors (Lipinski definition) is 3. The summed E-state index contributed by atoms with van der Waals surface area (Å²) >= 11 is 0. The van der Waals surface area contributed by atoms with Crippen LogP contribution in [-0.2, 0) is 0 Å². The lowest BCUT2D eigenvalue weighted by molar-refractivity contribution is 0.0847. The van der Waals surface area contributed by atoms with E-state index in [-0.39, 0.29) is 17.9 Å². The van der Waals surface area contributed by atoms with Crippen LogP contribution in [0.5, 0.6) is 0 Å². The van der Waals surface area contributed by atoms with Gasteiger partial charge in [-0.05, 0) is 25.8 Å². The van der Waals surface area contributed by atoms with Gasteiger partial charge in [0.1, 0.15) is 5.69 Å². The van der Waals surface area contributed by atoms with E-state index in [1.54, 1.807) is 6.07 Å². The van der Waals surface area contributed by atoms with Crippen molar-refractivity contribution in [1.82, 2.24) is 15.5 Å². The summed E-state index contributed by atoms with van der Waals surface area (Å²) in [6.07, 6.45) is 1.67. The highest BCUT2D eigenvalue weighted by molar-refractivity contribution is 5.92.